The molecule has 0 aliphatic carbocycles. The van der Waals surface area contributed by atoms with Gasteiger partial charge in [0.15, 0.2) is 5.92 Å². The van der Waals surface area contributed by atoms with Crippen LogP contribution in [0.15, 0.2) is 30.3 Å². The van der Waals surface area contributed by atoms with E-state index in [9.17, 15) is 22.8 Å². The number of benzene rings is 1. The van der Waals surface area contributed by atoms with Crippen molar-refractivity contribution < 1.29 is 32.6 Å². The Morgan fingerprint density at radius 3 is 2.41 bits per heavy atom. The SMILES string of the molecule is O=C(NCCCC(C(=O)O)C(F)(F)F)OCc1ccccc1. The Kier molecular flexibility index (Phi) is 6.68. The predicted molar refractivity (Wildman–Crippen MR) is 71.0 cm³/mol. The Hall–Kier alpha value is -2.25. The number of nitrogens with one attached hydrogen (secondary N) is 1. The van der Waals surface area contributed by atoms with Crippen LogP contribution in [0.3, 0.4) is 0 Å². The van der Waals surface area contributed by atoms with Gasteiger partial charge in [-0.25, -0.2) is 4.79 Å². The number of ether oxygens (including phenoxy) is 1. The van der Waals surface area contributed by atoms with E-state index in [-0.39, 0.29) is 19.6 Å². The molecule has 1 unspecified atom stereocenters. The third-order valence-corrected chi connectivity index (χ3v) is 2.84. The van der Waals surface area contributed by atoms with Crippen molar-refractivity contribution in [2.75, 3.05) is 6.54 Å². The molecule has 0 radical (unpaired) electrons. The maximum atomic E-state index is 12.4. The topological polar surface area (TPSA) is 75.6 Å². The summed E-state index contributed by atoms with van der Waals surface area (Å²) in [5, 5.41) is 10.8. The molecule has 1 atom stereocenters. The zero-order valence-electron chi connectivity index (χ0n) is 11.6. The summed E-state index contributed by atoms with van der Waals surface area (Å²) in [6.07, 6.45) is -6.27. The number of carboxylic acid groups (broad SMARTS) is 1. The average Bonchev–Trinajstić information content (AvgIpc) is 2.44. The normalized spacial score (nSPS) is 12.5. The van der Waals surface area contributed by atoms with E-state index in [4.69, 9.17) is 9.84 Å². The van der Waals surface area contributed by atoms with Crippen LogP contribution in [0.1, 0.15) is 18.4 Å². The first-order valence-corrected chi connectivity index (χ1v) is 6.54. The third-order valence-electron chi connectivity index (χ3n) is 2.84. The molecule has 5 nitrogen and oxygen atoms in total. The van der Waals surface area contributed by atoms with Crippen molar-refractivity contribution in [1.29, 1.82) is 0 Å². The van der Waals surface area contributed by atoms with Crippen LogP contribution in [0.25, 0.3) is 0 Å². The highest BCUT2D eigenvalue weighted by atomic mass is 19.4. The summed E-state index contributed by atoms with van der Waals surface area (Å²) in [7, 11) is 0. The minimum Gasteiger partial charge on any atom is -0.481 e. The summed E-state index contributed by atoms with van der Waals surface area (Å²) in [6.45, 7) is -0.0412. The standard InChI is InChI=1S/C14H16F3NO4/c15-14(16,17)11(12(19)20)7-4-8-18-13(21)22-9-10-5-2-1-3-6-10/h1-3,5-6,11H,4,7-9H2,(H,18,21)(H,19,20). The summed E-state index contributed by atoms with van der Waals surface area (Å²) in [5.74, 6) is -4.34. The molecule has 1 amide bonds. The lowest BCUT2D eigenvalue weighted by atomic mass is 10.0. The number of carbonyl (C=O) groups excluding carboxylic acids is 1. The Labute approximate surface area is 125 Å². The Morgan fingerprint density at radius 1 is 1.23 bits per heavy atom. The molecular weight excluding hydrogens is 303 g/mol. The van der Waals surface area contributed by atoms with E-state index in [1.807, 2.05) is 6.07 Å². The smallest absolute Gasteiger partial charge is 0.407 e. The summed E-state index contributed by atoms with van der Waals surface area (Å²) in [6, 6.07) is 8.88. The molecule has 8 heteroatoms. The molecular formula is C14H16F3NO4. The number of carbonyl (C=O) groups is 2. The molecule has 0 heterocycles. The molecule has 1 aromatic carbocycles. The quantitative estimate of drug-likeness (QED) is 0.758. The molecule has 1 rings (SSSR count). The van der Waals surface area contributed by atoms with E-state index in [1.54, 1.807) is 24.3 Å². The predicted octanol–water partition coefficient (Wildman–Crippen LogP) is 2.96. The van der Waals surface area contributed by atoms with E-state index in [1.165, 1.54) is 0 Å². The van der Waals surface area contributed by atoms with Gasteiger partial charge in [0, 0.05) is 6.54 Å². The lowest BCUT2D eigenvalue weighted by Gasteiger charge is -2.15. The lowest BCUT2D eigenvalue weighted by molar-refractivity contribution is -0.194. The van der Waals surface area contributed by atoms with Gasteiger partial charge in [-0.1, -0.05) is 30.3 Å². The second-order valence-electron chi connectivity index (χ2n) is 4.56. The van der Waals surface area contributed by atoms with Crippen molar-refractivity contribution in [3.05, 3.63) is 35.9 Å². The minimum atomic E-state index is -4.79. The summed E-state index contributed by atoms with van der Waals surface area (Å²) < 4.78 is 42.0. The number of hydrogen-bond acceptors (Lipinski definition) is 3. The van der Waals surface area contributed by atoms with Gasteiger partial charge in [0.25, 0.3) is 0 Å². The molecule has 22 heavy (non-hydrogen) atoms. The van der Waals surface area contributed by atoms with Gasteiger partial charge in [-0.3, -0.25) is 4.79 Å². The van der Waals surface area contributed by atoms with Crippen molar-refractivity contribution in [3.8, 4) is 0 Å². The number of alkyl halides is 3. The number of carboxylic acids is 1. The van der Waals surface area contributed by atoms with Gasteiger partial charge >= 0.3 is 18.2 Å². The summed E-state index contributed by atoms with van der Waals surface area (Å²) in [5.41, 5.74) is 0.778. The Bertz CT molecular complexity index is 491. The molecule has 1 aromatic rings. The van der Waals surface area contributed by atoms with Gasteiger partial charge in [-0.15, -0.1) is 0 Å². The fraction of sp³-hybridized carbons (Fsp3) is 0.429. The number of halogens is 3. The second-order valence-corrected chi connectivity index (χ2v) is 4.56. The first-order valence-electron chi connectivity index (χ1n) is 6.54. The second kappa shape index (κ2) is 8.26. The number of amides is 1. The van der Waals surface area contributed by atoms with Crippen molar-refractivity contribution in [3.63, 3.8) is 0 Å². The summed E-state index contributed by atoms with van der Waals surface area (Å²) >= 11 is 0. The Balaban J connectivity index is 2.23. The number of alkyl carbamates (subject to hydrolysis) is 1. The van der Waals surface area contributed by atoms with E-state index in [2.05, 4.69) is 5.32 Å². The van der Waals surface area contributed by atoms with Gasteiger partial charge in [0.1, 0.15) is 6.61 Å². The van der Waals surface area contributed by atoms with Crippen LogP contribution >= 0.6 is 0 Å². The van der Waals surface area contributed by atoms with Crippen molar-refractivity contribution in [1.82, 2.24) is 5.32 Å². The van der Waals surface area contributed by atoms with Crippen molar-refractivity contribution >= 4 is 12.1 Å². The van der Waals surface area contributed by atoms with E-state index in [0.717, 1.165) is 5.56 Å². The highest BCUT2D eigenvalue weighted by Crippen LogP contribution is 2.29. The Morgan fingerprint density at radius 2 is 1.86 bits per heavy atom. The van der Waals surface area contributed by atoms with Crippen LogP contribution in [-0.4, -0.2) is 29.9 Å². The van der Waals surface area contributed by atoms with Gasteiger partial charge in [-0.05, 0) is 18.4 Å². The first kappa shape index (κ1) is 17.8. The molecule has 2 N–H and O–H groups in total. The molecule has 0 saturated carbocycles. The summed E-state index contributed by atoms with van der Waals surface area (Å²) in [4.78, 5) is 21.8. The molecule has 0 aromatic heterocycles. The molecule has 0 saturated heterocycles. The zero-order chi connectivity index (χ0) is 16.6. The molecule has 0 fully saturated rings. The monoisotopic (exact) mass is 319 g/mol. The van der Waals surface area contributed by atoms with Crippen LogP contribution in [0.2, 0.25) is 0 Å². The maximum absolute atomic E-state index is 12.4. The van der Waals surface area contributed by atoms with Crippen LogP contribution in [0.5, 0.6) is 0 Å². The van der Waals surface area contributed by atoms with Gasteiger partial charge in [0.05, 0.1) is 0 Å². The number of aliphatic carboxylic acids is 1. The number of rotatable bonds is 7. The molecule has 0 spiro atoms. The molecule has 0 bridgehead atoms. The van der Waals surface area contributed by atoms with Crippen molar-refractivity contribution in [2.45, 2.75) is 25.6 Å². The molecule has 0 aliphatic rings. The van der Waals surface area contributed by atoms with E-state index in [0.29, 0.717) is 0 Å². The van der Waals surface area contributed by atoms with Crippen LogP contribution in [0.4, 0.5) is 18.0 Å². The van der Waals surface area contributed by atoms with E-state index < -0.39 is 30.6 Å². The first-order chi connectivity index (χ1) is 10.3. The third kappa shape index (κ3) is 6.47. The average molecular weight is 319 g/mol. The fourth-order valence-electron chi connectivity index (χ4n) is 1.70. The van der Waals surface area contributed by atoms with Gasteiger partial charge < -0.3 is 15.2 Å². The highest BCUT2D eigenvalue weighted by Gasteiger charge is 2.44. The van der Waals surface area contributed by atoms with Crippen LogP contribution < -0.4 is 5.32 Å². The maximum Gasteiger partial charge on any atom is 0.407 e. The lowest BCUT2D eigenvalue weighted by Crippen LogP contribution is -2.32. The van der Waals surface area contributed by atoms with Crippen molar-refractivity contribution in [2.24, 2.45) is 5.92 Å². The fourth-order valence-corrected chi connectivity index (χ4v) is 1.70. The van der Waals surface area contributed by atoms with Gasteiger partial charge in [-0.2, -0.15) is 13.2 Å². The largest absolute Gasteiger partial charge is 0.481 e. The molecule has 122 valence electrons. The van der Waals surface area contributed by atoms with Gasteiger partial charge in [0.2, 0.25) is 0 Å². The zero-order valence-corrected chi connectivity index (χ0v) is 11.6. The minimum absolute atomic E-state index is 0.0486. The highest BCUT2D eigenvalue weighted by molar-refractivity contribution is 5.71. The van der Waals surface area contributed by atoms with Crippen LogP contribution in [0, 0.1) is 5.92 Å². The number of hydrogen-bond donors (Lipinski definition) is 2. The van der Waals surface area contributed by atoms with Crippen LogP contribution in [-0.2, 0) is 16.1 Å². The van der Waals surface area contributed by atoms with E-state index >= 15 is 0 Å². The molecule has 0 aliphatic heterocycles.